The number of benzene rings is 1. The van der Waals surface area contributed by atoms with Crippen molar-refractivity contribution in [3.8, 4) is 17.3 Å². The van der Waals surface area contributed by atoms with Gasteiger partial charge in [-0.05, 0) is 52.8 Å². The van der Waals surface area contributed by atoms with E-state index in [4.69, 9.17) is 32.7 Å². The van der Waals surface area contributed by atoms with E-state index in [-0.39, 0.29) is 33.4 Å². The van der Waals surface area contributed by atoms with Gasteiger partial charge in [-0.3, -0.25) is 15.1 Å². The van der Waals surface area contributed by atoms with Crippen LogP contribution in [0.1, 0.15) is 40.7 Å². The zero-order valence-corrected chi connectivity index (χ0v) is 22.0. The topological polar surface area (TPSA) is 146 Å². The molecule has 0 saturated carbocycles. The molecule has 0 saturated heterocycles. The van der Waals surface area contributed by atoms with Gasteiger partial charge in [0.05, 0.1) is 21.1 Å². The molecule has 4 aromatic rings. The molecule has 0 radical (unpaired) electrons. The van der Waals surface area contributed by atoms with Crippen molar-refractivity contribution in [2.75, 3.05) is 5.32 Å². The van der Waals surface area contributed by atoms with Crippen molar-refractivity contribution in [2.45, 2.75) is 46.3 Å². The van der Waals surface area contributed by atoms with E-state index in [1.807, 2.05) is 30.7 Å². The van der Waals surface area contributed by atoms with E-state index < -0.39 is 28.8 Å². The summed E-state index contributed by atoms with van der Waals surface area (Å²) < 4.78 is 13.9. The molecular weight excluding hydrogens is 525 g/mol. The number of nitrogens with zero attached hydrogens (tertiary/aromatic N) is 5. The summed E-state index contributed by atoms with van der Waals surface area (Å²) in [6.07, 6.45) is 2.33. The Labute approximate surface area is 220 Å². The summed E-state index contributed by atoms with van der Waals surface area (Å²) in [5.41, 5.74) is -1.82. The minimum Gasteiger partial charge on any atom is -0.444 e. The molecule has 12 nitrogen and oxygen atoms in total. The summed E-state index contributed by atoms with van der Waals surface area (Å²) in [7, 11) is 0. The van der Waals surface area contributed by atoms with Gasteiger partial charge in [0.2, 0.25) is 11.7 Å². The number of aromatic nitrogens is 6. The SMILES string of the molecule is CC(C)n1ccc2c(Oc3c(Cl)cc(-n4nc(NC(=O)OC(C)(C)C)c(=O)[nH]c4=O)cc3Cl)ncnc21. The van der Waals surface area contributed by atoms with Crippen LogP contribution in [-0.4, -0.2) is 41.0 Å². The van der Waals surface area contributed by atoms with Gasteiger partial charge >= 0.3 is 11.8 Å². The number of anilines is 1. The number of aromatic amines is 1. The quantitative estimate of drug-likeness (QED) is 0.365. The molecular formula is C23H23Cl2N7O5. The Bertz CT molecular complexity index is 1600. The molecule has 14 heteroatoms. The van der Waals surface area contributed by atoms with Crippen LogP contribution < -0.4 is 21.3 Å². The van der Waals surface area contributed by atoms with Crippen LogP contribution >= 0.6 is 23.2 Å². The molecule has 194 valence electrons. The number of carbonyl (C=O) groups excluding carboxylic acids is 1. The molecule has 0 aliphatic heterocycles. The number of ether oxygens (including phenoxy) is 2. The third-order valence-corrected chi connectivity index (χ3v) is 5.46. The summed E-state index contributed by atoms with van der Waals surface area (Å²) in [6, 6.07) is 4.73. The van der Waals surface area contributed by atoms with Crippen LogP contribution in [-0.2, 0) is 4.74 Å². The average Bonchev–Trinajstić information content (AvgIpc) is 3.22. The minimum atomic E-state index is -0.919. The number of halogens is 2. The van der Waals surface area contributed by atoms with Crippen molar-refractivity contribution in [1.82, 2.24) is 29.3 Å². The van der Waals surface area contributed by atoms with Gasteiger partial charge in [-0.25, -0.2) is 19.6 Å². The van der Waals surface area contributed by atoms with Gasteiger partial charge < -0.3 is 14.0 Å². The van der Waals surface area contributed by atoms with Gasteiger partial charge in [0.15, 0.2) is 5.75 Å². The summed E-state index contributed by atoms with van der Waals surface area (Å²) in [6.45, 7) is 9.02. The van der Waals surface area contributed by atoms with Gasteiger partial charge in [-0.2, -0.15) is 4.68 Å². The predicted octanol–water partition coefficient (Wildman–Crippen LogP) is 4.69. The molecule has 0 atom stereocenters. The van der Waals surface area contributed by atoms with Crippen molar-refractivity contribution < 1.29 is 14.3 Å². The first-order valence-corrected chi connectivity index (χ1v) is 11.8. The van der Waals surface area contributed by atoms with Crippen molar-refractivity contribution in [3.05, 3.63) is 61.6 Å². The minimum absolute atomic E-state index is 0.0408. The monoisotopic (exact) mass is 547 g/mol. The first-order chi connectivity index (χ1) is 17.3. The van der Waals surface area contributed by atoms with Crippen LogP contribution in [0.5, 0.6) is 11.6 Å². The van der Waals surface area contributed by atoms with E-state index in [9.17, 15) is 14.4 Å². The standard InChI is InChI=1S/C23H23Cl2N7O5/c1-11(2)31-7-6-13-18(31)26-10-27-20(13)36-16-14(24)8-12(9-15(16)25)32-21(34)29-19(33)17(30-32)28-22(35)37-23(3,4)5/h6-11H,1-5H3,(H,28,30,35)(H,29,33,34). The lowest BCUT2D eigenvalue weighted by atomic mass is 10.2. The molecule has 0 bridgehead atoms. The van der Waals surface area contributed by atoms with Crippen molar-refractivity contribution in [2.24, 2.45) is 0 Å². The Balaban J connectivity index is 1.69. The molecule has 0 unspecified atom stereocenters. The lowest BCUT2D eigenvalue weighted by molar-refractivity contribution is 0.0634. The highest BCUT2D eigenvalue weighted by molar-refractivity contribution is 6.37. The lowest BCUT2D eigenvalue weighted by Crippen LogP contribution is -2.36. The van der Waals surface area contributed by atoms with Gasteiger partial charge in [0.1, 0.15) is 17.6 Å². The number of nitrogens with one attached hydrogen (secondary N) is 2. The molecule has 1 aromatic carbocycles. The molecule has 2 N–H and O–H groups in total. The Hall–Kier alpha value is -3.90. The molecule has 0 fully saturated rings. The van der Waals surface area contributed by atoms with Crippen LogP contribution in [0, 0.1) is 0 Å². The number of amides is 1. The van der Waals surface area contributed by atoms with Crippen molar-refractivity contribution in [3.63, 3.8) is 0 Å². The van der Waals surface area contributed by atoms with Crippen LogP contribution in [0.4, 0.5) is 10.6 Å². The van der Waals surface area contributed by atoms with Gasteiger partial charge in [-0.1, -0.05) is 23.2 Å². The second-order valence-electron chi connectivity index (χ2n) is 9.22. The fraction of sp³-hybridized carbons (Fsp3) is 0.304. The highest BCUT2D eigenvalue weighted by Gasteiger charge is 2.20. The van der Waals surface area contributed by atoms with E-state index >= 15 is 0 Å². The van der Waals surface area contributed by atoms with Crippen LogP contribution in [0.2, 0.25) is 10.0 Å². The van der Waals surface area contributed by atoms with Crippen LogP contribution in [0.3, 0.4) is 0 Å². The summed E-state index contributed by atoms with van der Waals surface area (Å²) in [4.78, 5) is 47.3. The first-order valence-electron chi connectivity index (χ1n) is 11.1. The average molecular weight is 548 g/mol. The van der Waals surface area contributed by atoms with E-state index in [2.05, 4.69) is 25.4 Å². The van der Waals surface area contributed by atoms with Gasteiger partial charge in [0, 0.05) is 12.2 Å². The number of hydrogen-bond donors (Lipinski definition) is 2. The Morgan fingerprint density at radius 2 is 1.81 bits per heavy atom. The molecule has 0 aliphatic rings. The van der Waals surface area contributed by atoms with Crippen LogP contribution in [0.25, 0.3) is 16.7 Å². The number of rotatable bonds is 5. The van der Waals surface area contributed by atoms with E-state index in [0.29, 0.717) is 11.0 Å². The fourth-order valence-electron chi connectivity index (χ4n) is 3.37. The molecule has 3 aromatic heterocycles. The smallest absolute Gasteiger partial charge is 0.413 e. The maximum absolute atomic E-state index is 12.5. The molecule has 3 heterocycles. The van der Waals surface area contributed by atoms with Gasteiger partial charge in [-0.15, -0.1) is 5.10 Å². The summed E-state index contributed by atoms with van der Waals surface area (Å²) >= 11 is 12.9. The highest BCUT2D eigenvalue weighted by atomic mass is 35.5. The van der Waals surface area contributed by atoms with Gasteiger partial charge in [0.25, 0.3) is 5.56 Å². The second kappa shape index (κ2) is 9.87. The number of H-pyrrole nitrogens is 1. The Kier molecular flexibility index (Phi) is 6.98. The molecule has 1 amide bonds. The number of hydrogen-bond acceptors (Lipinski definition) is 8. The number of carbonyl (C=O) groups is 1. The van der Waals surface area contributed by atoms with E-state index in [1.165, 1.54) is 18.5 Å². The normalized spacial score (nSPS) is 11.7. The largest absolute Gasteiger partial charge is 0.444 e. The zero-order chi connectivity index (χ0) is 27.1. The summed E-state index contributed by atoms with van der Waals surface area (Å²) in [5.74, 6) is -0.127. The fourth-order valence-corrected chi connectivity index (χ4v) is 3.92. The maximum Gasteiger partial charge on any atom is 0.413 e. The van der Waals surface area contributed by atoms with Crippen molar-refractivity contribution in [1.29, 1.82) is 0 Å². The zero-order valence-electron chi connectivity index (χ0n) is 20.5. The molecule has 37 heavy (non-hydrogen) atoms. The lowest BCUT2D eigenvalue weighted by Gasteiger charge is -2.19. The van der Waals surface area contributed by atoms with E-state index in [0.717, 1.165) is 4.68 Å². The maximum atomic E-state index is 12.5. The number of fused-ring (bicyclic) bond motifs is 1. The molecule has 0 spiro atoms. The van der Waals surface area contributed by atoms with E-state index in [1.54, 1.807) is 20.8 Å². The molecule has 4 rings (SSSR count). The third kappa shape index (κ3) is 5.59. The van der Waals surface area contributed by atoms with Crippen LogP contribution in [0.15, 0.2) is 40.3 Å². The highest BCUT2D eigenvalue weighted by Crippen LogP contribution is 2.39. The Morgan fingerprint density at radius 3 is 2.43 bits per heavy atom. The second-order valence-corrected chi connectivity index (χ2v) is 10.0. The summed E-state index contributed by atoms with van der Waals surface area (Å²) in [5, 5.41) is 6.89. The first kappa shape index (κ1) is 26.2. The predicted molar refractivity (Wildman–Crippen MR) is 138 cm³/mol. The molecule has 0 aliphatic carbocycles. The Morgan fingerprint density at radius 1 is 1.14 bits per heavy atom. The third-order valence-electron chi connectivity index (χ3n) is 4.90. The van der Waals surface area contributed by atoms with Crippen molar-refractivity contribution >= 4 is 46.1 Å².